The summed E-state index contributed by atoms with van der Waals surface area (Å²) in [7, 11) is 0. The van der Waals surface area contributed by atoms with Crippen LogP contribution in [0.25, 0.3) is 49.2 Å². The number of carbonyl (C=O) groups is 2. The molecule has 3 heteroatoms. The first-order valence-electron chi connectivity index (χ1n) is 19.9. The highest BCUT2D eigenvalue weighted by Crippen LogP contribution is 2.58. The minimum Gasteiger partial charge on any atom is -0.308 e. The Bertz CT molecular complexity index is 2510. The van der Waals surface area contributed by atoms with Crippen LogP contribution in [0.4, 0.5) is 0 Å². The van der Waals surface area contributed by atoms with Crippen LogP contribution in [0.5, 0.6) is 0 Å². The van der Waals surface area contributed by atoms with Crippen LogP contribution in [0.15, 0.2) is 48.5 Å². The molecule has 0 amide bonds. The lowest BCUT2D eigenvalue weighted by Gasteiger charge is -2.36. The van der Waals surface area contributed by atoms with Gasteiger partial charge < -0.3 is 4.40 Å². The lowest BCUT2D eigenvalue weighted by atomic mass is 9.66. The normalized spacial score (nSPS) is 24.0. The van der Waals surface area contributed by atoms with E-state index >= 15 is 0 Å². The van der Waals surface area contributed by atoms with Crippen LogP contribution in [-0.4, -0.2) is 16.0 Å². The van der Waals surface area contributed by atoms with E-state index in [0.717, 1.165) is 73.5 Å². The van der Waals surface area contributed by atoms with Gasteiger partial charge >= 0.3 is 0 Å². The second-order valence-corrected chi connectivity index (χ2v) is 18.9. The fourth-order valence-electron chi connectivity index (χ4n) is 11.7. The molecule has 4 aliphatic carbocycles. The van der Waals surface area contributed by atoms with Crippen LogP contribution >= 0.6 is 0 Å². The first kappa shape index (κ1) is 31.7. The quantitative estimate of drug-likeness (QED) is 0.187. The Morgan fingerprint density at radius 3 is 1.80 bits per heavy atom. The molecule has 2 atom stereocenters. The van der Waals surface area contributed by atoms with Crippen molar-refractivity contribution in [2.24, 2.45) is 10.8 Å². The molecule has 2 saturated carbocycles. The topological polar surface area (TPSA) is 38.5 Å². The number of Topliss-reactive ketones (excluding diaryl/α,β-unsaturated/α-hetero) is 2. The Kier molecular flexibility index (Phi) is 6.29. The fourth-order valence-corrected chi connectivity index (χ4v) is 11.7. The SMILES string of the molecule is CC(C)c1cc(C(C)C)c(-c2cc3c4cc5c(cc4n4c6cc7c(cc6c(c2)c34)C2(C)CCC(C)(C2)C7=O)C(=O)C2(CCCC2)C5)c(C(C)C)c1. The van der Waals surface area contributed by atoms with Crippen LogP contribution < -0.4 is 0 Å². The van der Waals surface area contributed by atoms with Gasteiger partial charge in [0.1, 0.15) is 0 Å². The molecule has 2 unspecified atom stereocenters. The maximum absolute atomic E-state index is 14.3. The molecule has 4 aromatic carbocycles. The molecular weight excluding hydrogens is 623 g/mol. The maximum atomic E-state index is 14.3. The van der Waals surface area contributed by atoms with Crippen LogP contribution in [0.1, 0.15) is 167 Å². The Morgan fingerprint density at radius 2 is 1.20 bits per heavy atom. The number of aromatic nitrogens is 1. The van der Waals surface area contributed by atoms with E-state index in [1.807, 2.05) is 0 Å². The number of hydrogen-bond acceptors (Lipinski definition) is 2. The van der Waals surface area contributed by atoms with Crippen molar-refractivity contribution in [3.05, 3.63) is 87.5 Å². The molecule has 4 aliphatic rings. The summed E-state index contributed by atoms with van der Waals surface area (Å²) in [5.74, 6) is 1.88. The molecular formula is C48H51NO2. The van der Waals surface area contributed by atoms with Crippen molar-refractivity contribution in [1.82, 2.24) is 4.40 Å². The van der Waals surface area contributed by atoms with Gasteiger partial charge in [0, 0.05) is 43.5 Å². The summed E-state index contributed by atoms with van der Waals surface area (Å²) >= 11 is 0. The monoisotopic (exact) mass is 673 g/mol. The predicted octanol–water partition coefficient (Wildman–Crippen LogP) is 12.8. The van der Waals surface area contributed by atoms with Gasteiger partial charge in [-0.15, -0.1) is 0 Å². The maximum Gasteiger partial charge on any atom is 0.169 e. The number of ketones is 2. The van der Waals surface area contributed by atoms with Crippen molar-refractivity contribution in [3.8, 4) is 11.1 Å². The second-order valence-electron chi connectivity index (χ2n) is 18.9. The number of rotatable bonds is 4. The summed E-state index contributed by atoms with van der Waals surface area (Å²) in [6, 6.07) is 19.2. The van der Waals surface area contributed by atoms with Crippen molar-refractivity contribution in [2.45, 2.75) is 130 Å². The molecule has 0 radical (unpaired) electrons. The number of fused-ring (bicyclic) bond motifs is 11. The van der Waals surface area contributed by atoms with E-state index in [1.54, 1.807) is 0 Å². The minimum absolute atomic E-state index is 0.00815. The van der Waals surface area contributed by atoms with Crippen molar-refractivity contribution in [2.75, 3.05) is 0 Å². The minimum atomic E-state index is -0.284. The highest BCUT2D eigenvalue weighted by Gasteiger charge is 2.54. The van der Waals surface area contributed by atoms with E-state index in [4.69, 9.17) is 0 Å². The number of hydrogen-bond donors (Lipinski definition) is 0. The van der Waals surface area contributed by atoms with E-state index in [1.165, 1.54) is 66.0 Å². The predicted molar refractivity (Wildman–Crippen MR) is 211 cm³/mol. The average molecular weight is 674 g/mol. The first-order valence-corrected chi connectivity index (χ1v) is 19.9. The van der Waals surface area contributed by atoms with Crippen LogP contribution in [0.3, 0.4) is 0 Å². The van der Waals surface area contributed by atoms with Gasteiger partial charge in [-0.2, -0.15) is 0 Å². The summed E-state index contributed by atoms with van der Waals surface area (Å²) in [6.45, 7) is 18.5. The lowest BCUT2D eigenvalue weighted by Crippen LogP contribution is -2.35. The summed E-state index contributed by atoms with van der Waals surface area (Å²) in [5, 5.41) is 4.99. The Hall–Kier alpha value is -3.98. The molecule has 6 aromatic rings. The third-order valence-corrected chi connectivity index (χ3v) is 14.4. The molecule has 51 heavy (non-hydrogen) atoms. The van der Waals surface area contributed by atoms with Gasteiger partial charge in [0.25, 0.3) is 0 Å². The highest BCUT2D eigenvalue weighted by atomic mass is 16.1. The molecule has 2 aromatic heterocycles. The first-order chi connectivity index (χ1) is 24.2. The summed E-state index contributed by atoms with van der Waals surface area (Å²) in [4.78, 5) is 28.4. The molecule has 2 heterocycles. The molecule has 0 aliphatic heterocycles. The molecule has 2 bridgehead atoms. The van der Waals surface area contributed by atoms with Gasteiger partial charge in [0.15, 0.2) is 11.6 Å². The van der Waals surface area contributed by atoms with Gasteiger partial charge in [0.05, 0.1) is 16.6 Å². The Labute approximate surface area is 302 Å². The standard InChI is InChI=1S/C48H51NO2/c1-25(2)28-15-31(26(3)4)42(32(16-28)27(5)6)29-17-36-34-19-30-23-48(11-9-10-12-48)45(51)33(30)21-40(34)49-41-22-38-39(20-35(41)37(18-29)43(36)49)46(7)13-14-47(8,24-46)44(38)50/h15-22,25-27H,9-14,23-24H2,1-8H3. The Balaban J connectivity index is 1.35. The molecule has 2 fully saturated rings. The molecule has 1 spiro atoms. The molecule has 10 rings (SSSR count). The summed E-state index contributed by atoms with van der Waals surface area (Å²) < 4.78 is 2.43. The number of benzene rings is 4. The average Bonchev–Trinajstić information content (AvgIpc) is 3.89. The highest BCUT2D eigenvalue weighted by molar-refractivity contribution is 6.26. The zero-order valence-corrected chi connectivity index (χ0v) is 31.8. The zero-order valence-electron chi connectivity index (χ0n) is 31.8. The third kappa shape index (κ3) is 4.02. The van der Waals surface area contributed by atoms with Crippen molar-refractivity contribution < 1.29 is 9.59 Å². The van der Waals surface area contributed by atoms with E-state index in [0.29, 0.717) is 29.3 Å². The van der Waals surface area contributed by atoms with Crippen LogP contribution in [0.2, 0.25) is 0 Å². The van der Waals surface area contributed by atoms with E-state index in [-0.39, 0.29) is 16.2 Å². The molecule has 0 saturated heterocycles. The van der Waals surface area contributed by atoms with Crippen molar-refractivity contribution in [1.29, 1.82) is 0 Å². The Morgan fingerprint density at radius 1 is 0.608 bits per heavy atom. The third-order valence-electron chi connectivity index (χ3n) is 14.4. The smallest absolute Gasteiger partial charge is 0.169 e. The zero-order chi connectivity index (χ0) is 35.5. The van der Waals surface area contributed by atoms with Crippen LogP contribution in [0, 0.1) is 10.8 Å². The van der Waals surface area contributed by atoms with E-state index in [9.17, 15) is 9.59 Å². The van der Waals surface area contributed by atoms with Gasteiger partial charge in [-0.25, -0.2) is 0 Å². The van der Waals surface area contributed by atoms with Crippen molar-refractivity contribution >= 4 is 49.7 Å². The largest absolute Gasteiger partial charge is 0.308 e. The number of nitrogens with zero attached hydrogens (tertiary/aromatic N) is 1. The molecule has 260 valence electrons. The summed E-state index contributed by atoms with van der Waals surface area (Å²) in [5.41, 5.74) is 14.2. The molecule has 0 N–H and O–H groups in total. The van der Waals surface area contributed by atoms with Gasteiger partial charge in [-0.3, -0.25) is 9.59 Å². The van der Waals surface area contributed by atoms with Gasteiger partial charge in [-0.05, 0) is 137 Å². The van der Waals surface area contributed by atoms with Gasteiger partial charge in [-0.1, -0.05) is 80.4 Å². The van der Waals surface area contributed by atoms with Crippen LogP contribution in [-0.2, 0) is 11.8 Å². The van der Waals surface area contributed by atoms with Gasteiger partial charge in [0.2, 0.25) is 0 Å². The summed E-state index contributed by atoms with van der Waals surface area (Å²) in [6.07, 6.45) is 8.14. The number of carbonyl (C=O) groups excluding carboxylic acids is 2. The van der Waals surface area contributed by atoms with E-state index < -0.39 is 0 Å². The lowest BCUT2D eigenvalue weighted by molar-refractivity contribution is 0.0796. The second kappa shape index (κ2) is 10.1. The molecule has 3 nitrogen and oxygen atoms in total. The fraction of sp³-hybridized carbons (Fsp3) is 0.458. The van der Waals surface area contributed by atoms with Crippen molar-refractivity contribution in [3.63, 3.8) is 0 Å². The van der Waals surface area contributed by atoms with E-state index in [2.05, 4.69) is 108 Å².